The van der Waals surface area contributed by atoms with Gasteiger partial charge in [-0.3, -0.25) is 4.99 Å². The molecule has 0 saturated carbocycles. The predicted octanol–water partition coefficient (Wildman–Crippen LogP) is 3.52. The van der Waals surface area contributed by atoms with Gasteiger partial charge in [-0.05, 0) is 50.2 Å². The third-order valence-corrected chi connectivity index (χ3v) is 5.80. The molecule has 0 N–H and O–H groups in total. The molecule has 0 bridgehead atoms. The highest BCUT2D eigenvalue weighted by molar-refractivity contribution is 6.71. The maximum atomic E-state index is 11.3. The Morgan fingerprint density at radius 3 is 2.52 bits per heavy atom. The van der Waals surface area contributed by atoms with Crippen molar-refractivity contribution in [3.05, 3.63) is 35.4 Å². The quantitative estimate of drug-likeness (QED) is 0.319. The molecule has 5 heteroatoms. The Balaban J connectivity index is 2.38. The van der Waals surface area contributed by atoms with Crippen molar-refractivity contribution < 1.29 is 14.0 Å². The summed E-state index contributed by atoms with van der Waals surface area (Å²) in [5.41, 5.74) is 1.54. The SMILES string of the molecule is CCO[Si](C)(C)CCCN=Cc1ccc(C(=O)OC)cc1. The number of nitrogens with zero attached hydrogens (tertiary/aromatic N) is 1. The van der Waals surface area contributed by atoms with Crippen LogP contribution in [-0.4, -0.2) is 40.8 Å². The maximum absolute atomic E-state index is 11.3. The fraction of sp³-hybridized carbons (Fsp3) is 0.500. The normalized spacial score (nSPS) is 11.8. The van der Waals surface area contributed by atoms with Crippen molar-refractivity contribution in [2.24, 2.45) is 4.99 Å². The molecule has 0 atom stereocenters. The van der Waals surface area contributed by atoms with Crippen molar-refractivity contribution in [1.82, 2.24) is 0 Å². The van der Waals surface area contributed by atoms with Gasteiger partial charge in [0, 0.05) is 19.4 Å². The van der Waals surface area contributed by atoms with E-state index >= 15 is 0 Å². The van der Waals surface area contributed by atoms with E-state index in [9.17, 15) is 4.79 Å². The topological polar surface area (TPSA) is 47.9 Å². The zero-order chi connectivity index (χ0) is 15.7. The number of methoxy groups -OCH3 is 1. The average molecular weight is 307 g/mol. The van der Waals surface area contributed by atoms with Gasteiger partial charge in [0.05, 0.1) is 12.7 Å². The zero-order valence-corrected chi connectivity index (χ0v) is 14.4. The first-order valence-corrected chi connectivity index (χ1v) is 10.4. The van der Waals surface area contributed by atoms with Crippen LogP contribution in [0.1, 0.15) is 29.3 Å². The second kappa shape index (κ2) is 8.74. The van der Waals surface area contributed by atoms with E-state index in [2.05, 4.69) is 22.8 Å². The molecule has 0 spiro atoms. The summed E-state index contributed by atoms with van der Waals surface area (Å²) in [6.45, 7) is 8.14. The lowest BCUT2D eigenvalue weighted by molar-refractivity contribution is 0.0600. The minimum Gasteiger partial charge on any atom is -0.465 e. The number of aliphatic imine (C=N–C) groups is 1. The Labute approximate surface area is 128 Å². The highest BCUT2D eigenvalue weighted by Gasteiger charge is 2.20. The lowest BCUT2D eigenvalue weighted by Gasteiger charge is -2.21. The van der Waals surface area contributed by atoms with Crippen LogP contribution in [0.15, 0.2) is 29.3 Å². The number of hydrogen-bond acceptors (Lipinski definition) is 4. The van der Waals surface area contributed by atoms with Gasteiger partial charge in [0.25, 0.3) is 0 Å². The number of ether oxygens (including phenoxy) is 1. The molecule has 1 aromatic rings. The van der Waals surface area contributed by atoms with Gasteiger partial charge >= 0.3 is 5.97 Å². The third kappa shape index (κ3) is 6.69. The number of rotatable bonds is 8. The standard InChI is InChI=1S/C16H25NO3Si/c1-5-20-21(3,4)12-6-11-17-13-14-7-9-15(10-8-14)16(18)19-2/h7-10,13H,5-6,11-12H2,1-4H3. The molecule has 0 aliphatic heterocycles. The second-order valence-corrected chi connectivity index (χ2v) is 9.75. The molecule has 0 aromatic heterocycles. The van der Waals surface area contributed by atoms with E-state index in [1.807, 2.05) is 25.3 Å². The highest BCUT2D eigenvalue weighted by atomic mass is 28.4. The van der Waals surface area contributed by atoms with E-state index in [1.165, 1.54) is 7.11 Å². The van der Waals surface area contributed by atoms with Crippen molar-refractivity contribution in [3.63, 3.8) is 0 Å². The monoisotopic (exact) mass is 307 g/mol. The van der Waals surface area contributed by atoms with Crippen LogP contribution in [0.5, 0.6) is 0 Å². The summed E-state index contributed by atoms with van der Waals surface area (Å²) in [4.78, 5) is 15.7. The van der Waals surface area contributed by atoms with E-state index in [-0.39, 0.29) is 5.97 Å². The molecular weight excluding hydrogens is 282 g/mol. The van der Waals surface area contributed by atoms with Crippen LogP contribution in [0.4, 0.5) is 0 Å². The summed E-state index contributed by atoms with van der Waals surface area (Å²) in [5.74, 6) is -0.318. The molecule has 1 rings (SSSR count). The minimum absolute atomic E-state index is 0.318. The van der Waals surface area contributed by atoms with Crippen molar-refractivity contribution in [2.45, 2.75) is 32.5 Å². The molecule has 0 unspecified atom stereocenters. The van der Waals surface area contributed by atoms with Crippen LogP contribution in [-0.2, 0) is 9.16 Å². The zero-order valence-electron chi connectivity index (χ0n) is 13.4. The molecule has 1 aromatic carbocycles. The van der Waals surface area contributed by atoms with E-state index in [4.69, 9.17) is 4.43 Å². The molecule has 0 amide bonds. The molecule has 0 fully saturated rings. The van der Waals surface area contributed by atoms with Crippen molar-refractivity contribution in [1.29, 1.82) is 0 Å². The number of esters is 1. The van der Waals surface area contributed by atoms with E-state index in [1.54, 1.807) is 12.1 Å². The van der Waals surface area contributed by atoms with Crippen molar-refractivity contribution in [3.8, 4) is 0 Å². The van der Waals surface area contributed by atoms with Crippen LogP contribution in [0, 0.1) is 0 Å². The molecule has 4 nitrogen and oxygen atoms in total. The lowest BCUT2D eigenvalue weighted by atomic mass is 10.1. The Bertz CT molecular complexity index is 469. The summed E-state index contributed by atoms with van der Waals surface area (Å²) in [6.07, 6.45) is 2.90. The van der Waals surface area contributed by atoms with Gasteiger partial charge in [-0.2, -0.15) is 0 Å². The predicted molar refractivity (Wildman–Crippen MR) is 88.8 cm³/mol. The summed E-state index contributed by atoms with van der Waals surface area (Å²) >= 11 is 0. The molecule has 21 heavy (non-hydrogen) atoms. The van der Waals surface area contributed by atoms with Crippen LogP contribution >= 0.6 is 0 Å². The van der Waals surface area contributed by atoms with Crippen molar-refractivity contribution >= 4 is 20.5 Å². The summed E-state index contributed by atoms with van der Waals surface area (Å²) in [6, 6.07) is 8.36. The summed E-state index contributed by atoms with van der Waals surface area (Å²) in [7, 11) is -0.102. The average Bonchev–Trinajstić information content (AvgIpc) is 2.46. The molecule has 0 aliphatic carbocycles. The van der Waals surface area contributed by atoms with E-state index in [0.717, 1.165) is 31.2 Å². The Morgan fingerprint density at radius 1 is 1.29 bits per heavy atom. The number of benzene rings is 1. The highest BCUT2D eigenvalue weighted by Crippen LogP contribution is 2.13. The van der Waals surface area contributed by atoms with Gasteiger partial charge in [-0.25, -0.2) is 4.79 Å². The van der Waals surface area contributed by atoms with Gasteiger partial charge in [0.1, 0.15) is 0 Å². The fourth-order valence-electron chi connectivity index (χ4n) is 2.05. The van der Waals surface area contributed by atoms with Gasteiger partial charge < -0.3 is 9.16 Å². The Kier molecular flexibility index (Phi) is 7.32. The number of carbonyl (C=O) groups is 1. The Hall–Kier alpha value is -1.46. The van der Waals surface area contributed by atoms with Crippen LogP contribution < -0.4 is 0 Å². The first-order valence-electron chi connectivity index (χ1n) is 7.30. The first kappa shape index (κ1) is 17.6. The van der Waals surface area contributed by atoms with Crippen LogP contribution in [0.2, 0.25) is 19.1 Å². The third-order valence-electron chi connectivity index (χ3n) is 3.17. The fourth-order valence-corrected chi connectivity index (χ4v) is 3.99. The smallest absolute Gasteiger partial charge is 0.337 e. The van der Waals surface area contributed by atoms with Gasteiger partial charge in [-0.1, -0.05) is 12.1 Å². The number of hydrogen-bond donors (Lipinski definition) is 0. The molecule has 0 aliphatic rings. The minimum atomic E-state index is -1.48. The molecule has 0 heterocycles. The first-order chi connectivity index (χ1) is 9.98. The maximum Gasteiger partial charge on any atom is 0.337 e. The lowest BCUT2D eigenvalue weighted by Crippen LogP contribution is -2.30. The van der Waals surface area contributed by atoms with E-state index < -0.39 is 8.32 Å². The second-order valence-electron chi connectivity index (χ2n) is 5.45. The number of carbonyl (C=O) groups excluding carboxylic acids is 1. The van der Waals surface area contributed by atoms with Gasteiger partial charge in [0.2, 0.25) is 0 Å². The van der Waals surface area contributed by atoms with Crippen LogP contribution in [0.3, 0.4) is 0 Å². The Morgan fingerprint density at radius 2 is 1.95 bits per heavy atom. The van der Waals surface area contributed by atoms with Crippen molar-refractivity contribution in [2.75, 3.05) is 20.3 Å². The summed E-state index contributed by atoms with van der Waals surface area (Å²) in [5, 5.41) is 0. The van der Waals surface area contributed by atoms with Crippen LogP contribution in [0.25, 0.3) is 0 Å². The summed E-state index contributed by atoms with van der Waals surface area (Å²) < 4.78 is 10.4. The molecule has 0 radical (unpaired) electrons. The van der Waals surface area contributed by atoms with E-state index in [0.29, 0.717) is 5.56 Å². The van der Waals surface area contributed by atoms with Gasteiger partial charge in [0.15, 0.2) is 8.32 Å². The van der Waals surface area contributed by atoms with Gasteiger partial charge in [-0.15, -0.1) is 0 Å². The molecular formula is C16H25NO3Si. The largest absolute Gasteiger partial charge is 0.465 e. The molecule has 116 valence electrons. The molecule has 0 saturated heterocycles.